The van der Waals surface area contributed by atoms with Gasteiger partial charge in [0.05, 0.1) is 0 Å². The molecule has 0 unspecified atom stereocenters. The summed E-state index contributed by atoms with van der Waals surface area (Å²) in [6, 6.07) is 9.76. The molecule has 1 N–H and O–H groups in total. The molecule has 1 aromatic carbocycles. The molecule has 1 aliphatic rings. The summed E-state index contributed by atoms with van der Waals surface area (Å²) >= 11 is 0. The van der Waals surface area contributed by atoms with Crippen LogP contribution < -0.4 is 0 Å². The van der Waals surface area contributed by atoms with Gasteiger partial charge in [0, 0.05) is 5.92 Å². The molecule has 1 aliphatic carbocycles. The molecule has 0 spiro atoms. The first-order valence-electron chi connectivity index (χ1n) is 4.52. The summed E-state index contributed by atoms with van der Waals surface area (Å²) < 4.78 is 12.9. The van der Waals surface area contributed by atoms with Crippen molar-refractivity contribution in [3.8, 4) is 0 Å². The lowest BCUT2D eigenvalue weighted by Gasteiger charge is -2.17. The van der Waals surface area contributed by atoms with Crippen LogP contribution in [-0.4, -0.2) is 11.0 Å². The van der Waals surface area contributed by atoms with Crippen molar-refractivity contribution < 1.29 is 9.50 Å². The number of allylic oxidation sites excluding steroid dienone is 2. The highest BCUT2D eigenvalue weighted by Crippen LogP contribution is 2.26. The van der Waals surface area contributed by atoms with Crippen LogP contribution in [0, 0.1) is 0 Å². The summed E-state index contributed by atoms with van der Waals surface area (Å²) in [5.74, 6) is -2.21. The lowest BCUT2D eigenvalue weighted by molar-refractivity contribution is 0.00496. The molecule has 0 saturated heterocycles. The van der Waals surface area contributed by atoms with Gasteiger partial charge in [-0.05, 0) is 17.7 Å². The predicted octanol–water partition coefficient (Wildman–Crippen LogP) is 2.55. The molecule has 72 valence electrons. The molecular weight excluding hydrogens is 179 g/mol. The van der Waals surface area contributed by atoms with Gasteiger partial charge >= 0.3 is 0 Å². The number of benzene rings is 1. The molecule has 14 heavy (non-hydrogen) atoms. The molecule has 0 heterocycles. The van der Waals surface area contributed by atoms with Crippen molar-refractivity contribution in [1.29, 1.82) is 0 Å². The Bertz CT molecular complexity index is 349. The number of hydrogen-bond acceptors (Lipinski definition) is 1. The van der Waals surface area contributed by atoms with Crippen LogP contribution in [0.5, 0.6) is 0 Å². The molecule has 0 radical (unpaired) electrons. The van der Waals surface area contributed by atoms with Crippen LogP contribution in [-0.2, 0) is 0 Å². The molecule has 0 fully saturated rings. The molecule has 0 atom stereocenters. The third kappa shape index (κ3) is 1.91. The highest BCUT2D eigenvalue weighted by molar-refractivity contribution is 5.33. The van der Waals surface area contributed by atoms with E-state index in [0.29, 0.717) is 0 Å². The summed E-state index contributed by atoms with van der Waals surface area (Å²) in [5.41, 5.74) is 1.09. The number of aliphatic hydroxyl groups is 1. The highest BCUT2D eigenvalue weighted by Gasteiger charge is 2.22. The van der Waals surface area contributed by atoms with E-state index < -0.39 is 5.85 Å². The second-order valence-corrected chi connectivity index (χ2v) is 3.38. The standard InChI is InChI=1S/C12H11FO/c13-12(14)8-6-11(7-9-12)10-4-2-1-3-5-10/h1-9,11,14H. The quantitative estimate of drug-likeness (QED) is 0.675. The number of rotatable bonds is 1. The molecule has 0 amide bonds. The first-order valence-corrected chi connectivity index (χ1v) is 4.52. The van der Waals surface area contributed by atoms with E-state index in [1.54, 1.807) is 12.2 Å². The smallest absolute Gasteiger partial charge is 0.245 e. The maximum atomic E-state index is 12.9. The van der Waals surface area contributed by atoms with Crippen molar-refractivity contribution in [2.45, 2.75) is 11.8 Å². The minimum Gasteiger partial charge on any atom is -0.355 e. The fourth-order valence-corrected chi connectivity index (χ4v) is 1.49. The zero-order chi connectivity index (χ0) is 10.0. The largest absolute Gasteiger partial charge is 0.355 e. The van der Waals surface area contributed by atoms with Crippen LogP contribution in [0.2, 0.25) is 0 Å². The maximum Gasteiger partial charge on any atom is 0.245 e. The van der Waals surface area contributed by atoms with Crippen molar-refractivity contribution in [3.05, 3.63) is 60.2 Å². The average Bonchev–Trinajstić information content (AvgIpc) is 2.19. The summed E-state index contributed by atoms with van der Waals surface area (Å²) in [7, 11) is 0. The Kier molecular flexibility index (Phi) is 2.22. The maximum absolute atomic E-state index is 12.9. The second kappa shape index (κ2) is 3.39. The van der Waals surface area contributed by atoms with Gasteiger partial charge in [-0.25, -0.2) is 4.39 Å². The molecule has 2 heteroatoms. The Morgan fingerprint density at radius 2 is 1.64 bits per heavy atom. The Balaban J connectivity index is 2.22. The van der Waals surface area contributed by atoms with Gasteiger partial charge in [-0.2, -0.15) is 0 Å². The zero-order valence-electron chi connectivity index (χ0n) is 7.60. The summed E-state index contributed by atoms with van der Waals surface area (Å²) in [6.07, 6.45) is 5.67. The first kappa shape index (κ1) is 9.16. The Hall–Kier alpha value is -1.41. The van der Waals surface area contributed by atoms with Gasteiger partial charge in [-0.1, -0.05) is 42.5 Å². The summed E-state index contributed by atoms with van der Waals surface area (Å²) in [4.78, 5) is 0. The van der Waals surface area contributed by atoms with Crippen LogP contribution in [0.4, 0.5) is 4.39 Å². The molecule has 0 aliphatic heterocycles. The molecular formula is C12H11FO. The van der Waals surface area contributed by atoms with Crippen molar-refractivity contribution in [1.82, 2.24) is 0 Å². The molecule has 2 rings (SSSR count). The topological polar surface area (TPSA) is 20.2 Å². The van der Waals surface area contributed by atoms with Crippen LogP contribution >= 0.6 is 0 Å². The van der Waals surface area contributed by atoms with Crippen LogP contribution in [0.15, 0.2) is 54.6 Å². The summed E-state index contributed by atoms with van der Waals surface area (Å²) in [6.45, 7) is 0. The van der Waals surface area contributed by atoms with Crippen molar-refractivity contribution in [2.75, 3.05) is 0 Å². The van der Waals surface area contributed by atoms with Gasteiger partial charge < -0.3 is 5.11 Å². The third-order valence-electron chi connectivity index (χ3n) is 2.26. The average molecular weight is 190 g/mol. The third-order valence-corrected chi connectivity index (χ3v) is 2.26. The minimum absolute atomic E-state index is 0.0622. The lowest BCUT2D eigenvalue weighted by Crippen LogP contribution is -2.17. The number of alkyl halides is 1. The van der Waals surface area contributed by atoms with Gasteiger partial charge in [0.25, 0.3) is 0 Å². The van der Waals surface area contributed by atoms with Crippen LogP contribution in [0.3, 0.4) is 0 Å². The lowest BCUT2D eigenvalue weighted by atomic mass is 9.93. The fourth-order valence-electron chi connectivity index (χ4n) is 1.49. The van der Waals surface area contributed by atoms with E-state index in [1.807, 2.05) is 30.3 Å². The van der Waals surface area contributed by atoms with Crippen molar-refractivity contribution in [3.63, 3.8) is 0 Å². The van der Waals surface area contributed by atoms with Gasteiger partial charge in [-0.15, -0.1) is 0 Å². The Morgan fingerprint density at radius 1 is 1.07 bits per heavy atom. The van der Waals surface area contributed by atoms with Gasteiger partial charge in [0.15, 0.2) is 0 Å². The molecule has 1 aromatic rings. The Labute approximate surface area is 82.2 Å². The molecule has 1 nitrogen and oxygen atoms in total. The number of halogens is 1. The SMILES string of the molecule is OC1(F)C=CC(c2ccccc2)C=C1. The van der Waals surface area contributed by atoms with Crippen molar-refractivity contribution >= 4 is 0 Å². The molecule has 0 saturated carbocycles. The predicted molar refractivity (Wildman–Crippen MR) is 53.5 cm³/mol. The van der Waals surface area contributed by atoms with E-state index in [9.17, 15) is 4.39 Å². The van der Waals surface area contributed by atoms with E-state index in [1.165, 1.54) is 12.2 Å². The van der Waals surface area contributed by atoms with Crippen molar-refractivity contribution in [2.24, 2.45) is 0 Å². The van der Waals surface area contributed by atoms with E-state index >= 15 is 0 Å². The van der Waals surface area contributed by atoms with E-state index in [-0.39, 0.29) is 5.92 Å². The fraction of sp³-hybridized carbons (Fsp3) is 0.167. The van der Waals surface area contributed by atoms with Crippen LogP contribution in [0.25, 0.3) is 0 Å². The van der Waals surface area contributed by atoms with Gasteiger partial charge in [0.2, 0.25) is 5.85 Å². The molecule has 0 aromatic heterocycles. The van der Waals surface area contributed by atoms with E-state index in [4.69, 9.17) is 5.11 Å². The number of hydrogen-bond donors (Lipinski definition) is 1. The second-order valence-electron chi connectivity index (χ2n) is 3.38. The van der Waals surface area contributed by atoms with Crippen LogP contribution in [0.1, 0.15) is 11.5 Å². The monoisotopic (exact) mass is 190 g/mol. The zero-order valence-corrected chi connectivity index (χ0v) is 7.60. The summed E-state index contributed by atoms with van der Waals surface area (Å²) in [5, 5.41) is 9.00. The Morgan fingerprint density at radius 3 is 2.21 bits per heavy atom. The highest BCUT2D eigenvalue weighted by atomic mass is 19.2. The van der Waals surface area contributed by atoms with E-state index in [0.717, 1.165) is 5.56 Å². The van der Waals surface area contributed by atoms with E-state index in [2.05, 4.69) is 0 Å². The van der Waals surface area contributed by atoms with Gasteiger partial charge in [-0.3, -0.25) is 0 Å². The first-order chi connectivity index (χ1) is 6.67. The normalized spacial score (nSPS) is 30.6. The molecule has 0 bridgehead atoms. The van der Waals surface area contributed by atoms with Gasteiger partial charge in [0.1, 0.15) is 0 Å². The minimum atomic E-state index is -2.27.